The molecule has 0 radical (unpaired) electrons. The molecule has 2 unspecified atom stereocenters. The van der Waals surface area contributed by atoms with Crippen molar-refractivity contribution in [3.05, 3.63) is 65.9 Å². The van der Waals surface area contributed by atoms with Gasteiger partial charge in [-0.25, -0.2) is 0 Å². The van der Waals surface area contributed by atoms with Gasteiger partial charge in [-0.05, 0) is 36.5 Å². The van der Waals surface area contributed by atoms with Gasteiger partial charge >= 0.3 is 0 Å². The van der Waals surface area contributed by atoms with E-state index in [2.05, 4.69) is 64.7 Å². The first kappa shape index (κ1) is 19.8. The number of benzene rings is 1. The van der Waals surface area contributed by atoms with E-state index in [0.29, 0.717) is 19.8 Å². The maximum absolute atomic E-state index is 5.98. The van der Waals surface area contributed by atoms with Crippen molar-refractivity contribution in [3.8, 4) is 0 Å². The lowest BCUT2D eigenvalue weighted by Gasteiger charge is -2.32. The normalized spacial score (nSPS) is 25.3. The molecule has 2 atom stereocenters. The van der Waals surface area contributed by atoms with E-state index in [1.165, 1.54) is 27.6 Å². The number of fused-ring (bicyclic) bond motifs is 1. The molecule has 3 aliphatic rings. The van der Waals surface area contributed by atoms with Gasteiger partial charge in [0.05, 0.1) is 19.8 Å². The predicted octanol–water partition coefficient (Wildman–Crippen LogP) is 4.29. The molecule has 30 heavy (non-hydrogen) atoms. The first-order chi connectivity index (χ1) is 14.9. The molecule has 1 saturated heterocycles. The second kappa shape index (κ2) is 9.31. The van der Waals surface area contributed by atoms with Gasteiger partial charge in [-0.3, -0.25) is 4.90 Å². The van der Waals surface area contributed by atoms with Crippen LogP contribution in [0.5, 0.6) is 0 Å². The highest BCUT2D eigenvalue weighted by Gasteiger charge is 2.25. The van der Waals surface area contributed by atoms with Gasteiger partial charge < -0.3 is 19.2 Å². The lowest BCUT2D eigenvalue weighted by Crippen LogP contribution is -2.40. The smallest absolute Gasteiger partial charge is 0.181 e. The van der Waals surface area contributed by atoms with Crippen molar-refractivity contribution in [2.75, 3.05) is 39.5 Å². The summed E-state index contributed by atoms with van der Waals surface area (Å²) in [5.41, 5.74) is 5.32. The highest BCUT2D eigenvalue weighted by molar-refractivity contribution is 5.92. The van der Waals surface area contributed by atoms with Crippen LogP contribution in [0.15, 0.2) is 60.3 Å². The van der Waals surface area contributed by atoms with Crippen molar-refractivity contribution in [1.29, 1.82) is 0 Å². The Morgan fingerprint density at radius 2 is 2.10 bits per heavy atom. The highest BCUT2D eigenvalue weighted by Crippen LogP contribution is 2.29. The van der Waals surface area contributed by atoms with Crippen molar-refractivity contribution in [1.82, 2.24) is 9.88 Å². The molecule has 1 aliphatic carbocycles. The fourth-order valence-electron chi connectivity index (χ4n) is 4.49. The Labute approximate surface area is 178 Å². The van der Waals surface area contributed by atoms with E-state index < -0.39 is 0 Å². The molecule has 3 heterocycles. The lowest BCUT2D eigenvalue weighted by molar-refractivity contribution is -0.228. The average molecular weight is 407 g/mol. The van der Waals surface area contributed by atoms with E-state index in [1.54, 1.807) is 0 Å². The Bertz CT molecular complexity index is 950. The molecule has 1 aromatic heterocycles. The van der Waals surface area contributed by atoms with Gasteiger partial charge in [0.25, 0.3) is 0 Å². The minimum Gasteiger partial charge on any atom is -0.366 e. The third kappa shape index (κ3) is 4.44. The number of aromatic amines is 1. The second-order valence-electron chi connectivity index (χ2n) is 8.19. The predicted molar refractivity (Wildman–Crippen MR) is 119 cm³/mol. The first-order valence-electron chi connectivity index (χ1n) is 11.0. The Hall–Kier alpha value is -2.18. The van der Waals surface area contributed by atoms with Crippen LogP contribution < -0.4 is 0 Å². The van der Waals surface area contributed by atoms with E-state index in [-0.39, 0.29) is 12.4 Å². The monoisotopic (exact) mass is 406 g/mol. The second-order valence-corrected chi connectivity index (χ2v) is 8.19. The van der Waals surface area contributed by atoms with E-state index in [9.17, 15) is 0 Å². The summed E-state index contributed by atoms with van der Waals surface area (Å²) in [6.45, 7) is 4.70. The summed E-state index contributed by atoms with van der Waals surface area (Å²) in [6, 6.07) is 8.51. The van der Waals surface area contributed by atoms with Crippen LogP contribution in [-0.2, 0) is 14.2 Å². The minimum absolute atomic E-state index is 0.0879. The summed E-state index contributed by atoms with van der Waals surface area (Å²) in [4.78, 5) is 5.82. The van der Waals surface area contributed by atoms with Crippen LogP contribution in [0.2, 0.25) is 0 Å². The Balaban J connectivity index is 1.06. The molecule has 0 amide bonds. The molecule has 1 fully saturated rings. The van der Waals surface area contributed by atoms with Crippen LogP contribution in [0.3, 0.4) is 0 Å². The SMILES string of the molecule is C1=CCCC(C2COC(OCCN3CC=C(c4c[nH]c5ccccc45)CC3)CO2)=C1. The third-order valence-corrected chi connectivity index (χ3v) is 6.27. The number of hydrogen-bond acceptors (Lipinski definition) is 4. The molecule has 0 spiro atoms. The number of para-hydroxylation sites is 1. The Morgan fingerprint density at radius 3 is 2.90 bits per heavy atom. The molecular weight excluding hydrogens is 376 g/mol. The van der Waals surface area contributed by atoms with Crippen LogP contribution >= 0.6 is 0 Å². The van der Waals surface area contributed by atoms with Gasteiger partial charge in [-0.15, -0.1) is 0 Å². The van der Waals surface area contributed by atoms with Crippen LogP contribution in [0.1, 0.15) is 24.8 Å². The molecule has 2 aliphatic heterocycles. The van der Waals surface area contributed by atoms with Gasteiger partial charge in [0.15, 0.2) is 6.29 Å². The molecule has 5 nitrogen and oxygen atoms in total. The summed E-state index contributed by atoms with van der Waals surface area (Å²) in [5.74, 6) is 0. The average Bonchev–Trinajstić information content (AvgIpc) is 3.25. The first-order valence-corrected chi connectivity index (χ1v) is 11.0. The number of allylic oxidation sites excluding steroid dienone is 3. The van der Waals surface area contributed by atoms with Crippen molar-refractivity contribution < 1.29 is 14.2 Å². The van der Waals surface area contributed by atoms with E-state index >= 15 is 0 Å². The van der Waals surface area contributed by atoms with E-state index in [4.69, 9.17) is 14.2 Å². The fourth-order valence-corrected chi connectivity index (χ4v) is 4.49. The van der Waals surface area contributed by atoms with Crippen molar-refractivity contribution in [3.63, 3.8) is 0 Å². The summed E-state index contributed by atoms with van der Waals surface area (Å²) in [7, 11) is 0. The number of hydrogen-bond donors (Lipinski definition) is 1. The summed E-state index contributed by atoms with van der Waals surface area (Å²) < 4.78 is 17.8. The number of nitrogens with zero attached hydrogens (tertiary/aromatic N) is 1. The summed E-state index contributed by atoms with van der Waals surface area (Å²) >= 11 is 0. The zero-order valence-electron chi connectivity index (χ0n) is 17.4. The molecule has 0 bridgehead atoms. The number of ether oxygens (including phenoxy) is 3. The summed E-state index contributed by atoms with van der Waals surface area (Å²) in [6.07, 6.45) is 14.0. The van der Waals surface area contributed by atoms with Gasteiger partial charge in [-0.2, -0.15) is 0 Å². The third-order valence-electron chi connectivity index (χ3n) is 6.27. The van der Waals surface area contributed by atoms with Gasteiger partial charge in [0.1, 0.15) is 6.10 Å². The topological polar surface area (TPSA) is 46.7 Å². The van der Waals surface area contributed by atoms with Gasteiger partial charge in [-0.1, -0.05) is 42.5 Å². The molecule has 0 saturated carbocycles. The molecule has 1 aromatic carbocycles. The number of H-pyrrole nitrogens is 1. The zero-order chi connectivity index (χ0) is 20.2. The molecule has 1 N–H and O–H groups in total. The van der Waals surface area contributed by atoms with Crippen LogP contribution in [0, 0.1) is 0 Å². The zero-order valence-corrected chi connectivity index (χ0v) is 17.4. The van der Waals surface area contributed by atoms with E-state index in [1.807, 2.05) is 0 Å². The number of aromatic nitrogens is 1. The van der Waals surface area contributed by atoms with E-state index in [0.717, 1.165) is 38.9 Å². The number of nitrogens with one attached hydrogen (secondary N) is 1. The molecule has 5 rings (SSSR count). The Kier molecular flexibility index (Phi) is 6.13. The van der Waals surface area contributed by atoms with Crippen LogP contribution in [0.4, 0.5) is 0 Å². The number of rotatable bonds is 6. The summed E-state index contributed by atoms with van der Waals surface area (Å²) in [5, 5.41) is 1.31. The van der Waals surface area contributed by atoms with Gasteiger partial charge in [0.2, 0.25) is 0 Å². The van der Waals surface area contributed by atoms with Crippen LogP contribution in [0.25, 0.3) is 16.5 Å². The van der Waals surface area contributed by atoms with Crippen molar-refractivity contribution in [2.45, 2.75) is 31.7 Å². The fraction of sp³-hybridized carbons (Fsp3) is 0.440. The minimum atomic E-state index is -0.247. The maximum atomic E-state index is 5.98. The molecule has 158 valence electrons. The van der Waals surface area contributed by atoms with Crippen molar-refractivity contribution in [2.24, 2.45) is 0 Å². The molecule has 5 heteroatoms. The highest BCUT2D eigenvalue weighted by atomic mass is 16.7. The standard InChI is InChI=1S/C25H30N2O3/c1-2-6-20(7-3-1)24-17-30-25(18-29-24)28-15-14-27-12-10-19(11-13-27)22-16-26-23-9-5-4-8-21(22)23/h1-2,4-6,8-10,16,24-26H,3,7,11-15,17-18H2. The van der Waals surface area contributed by atoms with Gasteiger partial charge in [0, 0.05) is 42.3 Å². The quantitative estimate of drug-likeness (QED) is 0.777. The van der Waals surface area contributed by atoms with Crippen LogP contribution in [-0.4, -0.2) is 61.7 Å². The van der Waals surface area contributed by atoms with Crippen molar-refractivity contribution >= 4 is 16.5 Å². The Morgan fingerprint density at radius 1 is 1.13 bits per heavy atom. The largest absolute Gasteiger partial charge is 0.366 e. The molecular formula is C25H30N2O3. The maximum Gasteiger partial charge on any atom is 0.181 e. The molecule has 2 aromatic rings. The lowest BCUT2D eigenvalue weighted by atomic mass is 9.99.